The van der Waals surface area contributed by atoms with E-state index >= 15 is 0 Å². The smallest absolute Gasteiger partial charge is 0.328 e. The first-order valence-corrected chi connectivity index (χ1v) is 10.9. The first-order valence-electron chi connectivity index (χ1n) is 10.9. The fraction of sp³-hybridized carbons (Fsp3) is 0.143. The highest BCUT2D eigenvalue weighted by Gasteiger charge is 2.18. The lowest BCUT2D eigenvalue weighted by atomic mass is 10.0. The minimum absolute atomic E-state index is 0.0525. The van der Waals surface area contributed by atoms with Crippen LogP contribution in [0.5, 0.6) is 5.75 Å². The molecule has 2 heterocycles. The van der Waals surface area contributed by atoms with E-state index in [0.29, 0.717) is 6.61 Å². The Morgan fingerprint density at radius 1 is 0.758 bits per heavy atom. The highest BCUT2D eigenvalue weighted by molar-refractivity contribution is 5.80. The second-order valence-corrected chi connectivity index (χ2v) is 8.27. The average molecular weight is 436 g/mol. The van der Waals surface area contributed by atoms with Gasteiger partial charge in [-0.3, -0.25) is 9.13 Å². The molecule has 5 aromatic rings. The van der Waals surface area contributed by atoms with Crippen LogP contribution in [0.1, 0.15) is 11.3 Å². The van der Waals surface area contributed by atoms with Gasteiger partial charge in [0.25, 0.3) is 0 Å². The number of imidazole rings is 1. The summed E-state index contributed by atoms with van der Waals surface area (Å²) in [4.78, 5) is 17.4. The number of hydrogen-bond acceptors (Lipinski definition) is 3. The van der Waals surface area contributed by atoms with Crippen LogP contribution < -0.4 is 10.4 Å². The average Bonchev–Trinajstić information content (AvgIpc) is 3.07. The lowest BCUT2D eigenvalue weighted by molar-refractivity contribution is 0.302. The number of nitrogens with zero attached hydrogens (tertiary/aromatic N) is 3. The topological polar surface area (TPSA) is 49.1 Å². The number of rotatable bonds is 5. The first-order chi connectivity index (χ1) is 16.0. The van der Waals surface area contributed by atoms with Crippen LogP contribution in [-0.4, -0.2) is 14.1 Å². The predicted octanol–water partition coefficient (Wildman–Crippen LogP) is 5.49. The van der Waals surface area contributed by atoms with Crippen molar-refractivity contribution in [2.45, 2.75) is 13.5 Å². The Hall–Kier alpha value is -4.12. The summed E-state index contributed by atoms with van der Waals surface area (Å²) in [6, 6.07) is 28.2. The number of benzene rings is 3. The number of hydrogen-bond donors (Lipinski definition) is 0. The molecule has 0 saturated carbocycles. The molecule has 0 aliphatic heterocycles. The summed E-state index contributed by atoms with van der Waals surface area (Å²) < 4.78 is 9.39. The van der Waals surface area contributed by atoms with Crippen molar-refractivity contribution < 1.29 is 4.74 Å². The third-order valence-electron chi connectivity index (χ3n) is 5.96. The molecule has 0 atom stereocenters. The van der Waals surface area contributed by atoms with Gasteiger partial charge in [0.2, 0.25) is 0 Å². The first kappa shape index (κ1) is 20.8. The molecule has 5 nitrogen and oxygen atoms in total. The Morgan fingerprint density at radius 3 is 2.03 bits per heavy atom. The van der Waals surface area contributed by atoms with E-state index in [1.165, 1.54) is 5.56 Å². The minimum Gasteiger partial charge on any atom is -0.487 e. The third-order valence-corrected chi connectivity index (χ3v) is 5.96. The maximum atomic E-state index is 12.7. The van der Waals surface area contributed by atoms with Crippen molar-refractivity contribution in [1.82, 2.24) is 14.1 Å². The van der Waals surface area contributed by atoms with Crippen molar-refractivity contribution in [2.24, 2.45) is 14.1 Å². The van der Waals surface area contributed by atoms with Crippen molar-refractivity contribution in [3.05, 3.63) is 107 Å². The number of aryl methyl sites for hydroxylation is 1. The summed E-state index contributed by atoms with van der Waals surface area (Å²) in [5.74, 6) is 0.756. The van der Waals surface area contributed by atoms with Crippen molar-refractivity contribution in [2.75, 3.05) is 0 Å². The van der Waals surface area contributed by atoms with Gasteiger partial charge in [-0.15, -0.1) is 0 Å². The molecule has 0 radical (unpaired) electrons. The summed E-state index contributed by atoms with van der Waals surface area (Å²) in [5, 5.41) is 1.11. The van der Waals surface area contributed by atoms with E-state index in [0.717, 1.165) is 44.9 Å². The van der Waals surface area contributed by atoms with Gasteiger partial charge in [-0.25, -0.2) is 9.78 Å². The second kappa shape index (κ2) is 8.43. The molecule has 0 spiro atoms. The summed E-state index contributed by atoms with van der Waals surface area (Å²) >= 11 is 0. The maximum absolute atomic E-state index is 12.7. The predicted molar refractivity (Wildman–Crippen MR) is 132 cm³/mol. The summed E-state index contributed by atoms with van der Waals surface area (Å²) in [6.07, 6.45) is 0. The number of pyridine rings is 1. The van der Waals surface area contributed by atoms with E-state index in [2.05, 4.69) is 42.2 Å². The Balaban J connectivity index is 1.42. The molecular weight excluding hydrogens is 410 g/mol. The van der Waals surface area contributed by atoms with Crippen LogP contribution in [0.4, 0.5) is 0 Å². The third kappa shape index (κ3) is 3.94. The van der Waals surface area contributed by atoms with Gasteiger partial charge < -0.3 is 4.74 Å². The zero-order valence-electron chi connectivity index (χ0n) is 18.9. The molecule has 0 unspecified atom stereocenters. The van der Waals surface area contributed by atoms with Crippen molar-refractivity contribution in [1.29, 1.82) is 0 Å². The van der Waals surface area contributed by atoms with Crippen molar-refractivity contribution >= 4 is 10.9 Å². The van der Waals surface area contributed by atoms with Gasteiger partial charge in [0.1, 0.15) is 12.4 Å². The molecule has 5 heteroatoms. The molecule has 5 rings (SSSR count). The van der Waals surface area contributed by atoms with Crippen molar-refractivity contribution in [3.63, 3.8) is 0 Å². The lowest BCUT2D eigenvalue weighted by Crippen LogP contribution is -2.20. The van der Waals surface area contributed by atoms with Gasteiger partial charge in [-0.2, -0.15) is 0 Å². The van der Waals surface area contributed by atoms with Gasteiger partial charge in [-0.1, -0.05) is 54.1 Å². The number of aromatic nitrogens is 3. The Kier molecular flexibility index (Phi) is 5.31. The minimum atomic E-state index is -0.0525. The second-order valence-electron chi connectivity index (χ2n) is 8.27. The molecule has 0 aliphatic carbocycles. The molecule has 0 amide bonds. The maximum Gasteiger partial charge on any atom is 0.328 e. The van der Waals surface area contributed by atoms with E-state index in [-0.39, 0.29) is 5.69 Å². The quantitative estimate of drug-likeness (QED) is 0.367. The number of fused-ring (bicyclic) bond motifs is 1. The van der Waals surface area contributed by atoms with Crippen LogP contribution in [0.3, 0.4) is 0 Å². The number of para-hydroxylation sites is 1. The summed E-state index contributed by atoms with van der Waals surface area (Å²) in [5.41, 5.74) is 6.73. The van der Waals surface area contributed by atoms with E-state index in [4.69, 9.17) is 4.74 Å². The molecule has 164 valence electrons. The van der Waals surface area contributed by atoms with Crippen LogP contribution in [0.15, 0.2) is 89.7 Å². The molecule has 0 fully saturated rings. The van der Waals surface area contributed by atoms with E-state index in [1.807, 2.05) is 68.7 Å². The SMILES string of the molecule is Cc1ccc(-c2c(-c3ccc(OCc4ccc5ccccc5n4)cc3)n(C)c(=O)n2C)cc1. The molecule has 0 bridgehead atoms. The van der Waals surface area contributed by atoms with E-state index in [1.54, 1.807) is 9.13 Å². The molecule has 3 aromatic carbocycles. The van der Waals surface area contributed by atoms with Crippen LogP contribution in [0.2, 0.25) is 0 Å². The zero-order chi connectivity index (χ0) is 22.9. The lowest BCUT2D eigenvalue weighted by Gasteiger charge is -2.11. The van der Waals surface area contributed by atoms with Crippen LogP contribution in [0, 0.1) is 6.92 Å². The molecule has 0 saturated heterocycles. The molecule has 0 N–H and O–H groups in total. The fourth-order valence-electron chi connectivity index (χ4n) is 4.16. The fourth-order valence-corrected chi connectivity index (χ4v) is 4.16. The highest BCUT2D eigenvalue weighted by Crippen LogP contribution is 2.32. The summed E-state index contributed by atoms with van der Waals surface area (Å²) in [6.45, 7) is 2.45. The Bertz CT molecular complexity index is 1490. The van der Waals surface area contributed by atoms with Crippen LogP contribution >= 0.6 is 0 Å². The normalized spacial score (nSPS) is 11.1. The van der Waals surface area contributed by atoms with Gasteiger partial charge in [0, 0.05) is 30.6 Å². The molecular formula is C28H25N3O2. The molecule has 33 heavy (non-hydrogen) atoms. The number of ether oxygens (including phenoxy) is 1. The molecule has 0 aliphatic rings. The highest BCUT2D eigenvalue weighted by atomic mass is 16.5. The molecule has 2 aromatic heterocycles. The standard InChI is InChI=1S/C28H25N3O2/c1-19-8-10-21(11-9-19)26-27(31(3)28(32)30(26)2)22-13-16-24(17-14-22)33-18-23-15-12-20-6-4-5-7-25(20)29-23/h4-17H,18H2,1-3H3. The Morgan fingerprint density at radius 2 is 1.36 bits per heavy atom. The van der Waals surface area contributed by atoms with Crippen LogP contribution in [-0.2, 0) is 20.7 Å². The van der Waals surface area contributed by atoms with Crippen LogP contribution in [0.25, 0.3) is 33.4 Å². The zero-order valence-corrected chi connectivity index (χ0v) is 18.9. The Labute approximate surface area is 192 Å². The summed E-state index contributed by atoms with van der Waals surface area (Å²) in [7, 11) is 3.63. The van der Waals surface area contributed by atoms with Gasteiger partial charge >= 0.3 is 5.69 Å². The largest absolute Gasteiger partial charge is 0.487 e. The van der Waals surface area contributed by atoms with Gasteiger partial charge in [0.05, 0.1) is 22.6 Å². The van der Waals surface area contributed by atoms with Gasteiger partial charge in [0.15, 0.2) is 0 Å². The monoisotopic (exact) mass is 435 g/mol. The van der Waals surface area contributed by atoms with Gasteiger partial charge in [-0.05, 0) is 43.3 Å². The van der Waals surface area contributed by atoms with E-state index in [9.17, 15) is 4.79 Å². The van der Waals surface area contributed by atoms with Crippen molar-refractivity contribution in [3.8, 4) is 28.3 Å². The van der Waals surface area contributed by atoms with E-state index < -0.39 is 0 Å².